The monoisotopic (exact) mass is 304 g/mol. The van der Waals surface area contributed by atoms with E-state index >= 15 is 0 Å². The second-order valence-corrected chi connectivity index (χ2v) is 5.26. The highest BCUT2D eigenvalue weighted by Crippen LogP contribution is 2.23. The summed E-state index contributed by atoms with van der Waals surface area (Å²) in [5.74, 6) is 0.941. The number of pyridine rings is 1. The zero-order valence-corrected chi connectivity index (χ0v) is 12.9. The lowest BCUT2D eigenvalue weighted by Crippen LogP contribution is -2.30. The van der Waals surface area contributed by atoms with E-state index in [1.165, 1.54) is 0 Å². The molecule has 1 unspecified atom stereocenters. The van der Waals surface area contributed by atoms with E-state index in [1.54, 1.807) is 31.3 Å². The maximum absolute atomic E-state index is 12.1. The predicted octanol–water partition coefficient (Wildman–Crippen LogP) is 3.76. The molecule has 110 valence electrons. The van der Waals surface area contributed by atoms with Crippen molar-refractivity contribution in [2.45, 2.75) is 26.9 Å². The molecule has 0 aliphatic carbocycles. The van der Waals surface area contributed by atoms with Gasteiger partial charge < -0.3 is 10.1 Å². The number of ether oxygens (including phenoxy) is 1. The van der Waals surface area contributed by atoms with Crippen LogP contribution in [0.5, 0.6) is 5.75 Å². The van der Waals surface area contributed by atoms with Gasteiger partial charge in [-0.05, 0) is 56.2 Å². The number of nitrogens with one attached hydrogen (secondary N) is 1. The van der Waals surface area contributed by atoms with Crippen LogP contribution in [0.4, 0.5) is 5.82 Å². The van der Waals surface area contributed by atoms with Gasteiger partial charge in [-0.15, -0.1) is 0 Å². The minimum absolute atomic E-state index is 0.244. The van der Waals surface area contributed by atoms with E-state index in [-0.39, 0.29) is 5.91 Å². The van der Waals surface area contributed by atoms with Gasteiger partial charge in [-0.2, -0.15) is 0 Å². The lowest BCUT2D eigenvalue weighted by atomic mass is 10.2. The minimum atomic E-state index is -0.633. The number of carbonyl (C=O) groups is 1. The molecule has 1 N–H and O–H groups in total. The summed E-state index contributed by atoms with van der Waals surface area (Å²) < 4.78 is 5.68. The van der Waals surface area contributed by atoms with E-state index in [0.717, 1.165) is 11.1 Å². The molecule has 2 aromatic rings. The molecule has 1 aromatic carbocycles. The third kappa shape index (κ3) is 3.95. The maximum Gasteiger partial charge on any atom is 0.266 e. The first-order valence-corrected chi connectivity index (χ1v) is 7.00. The largest absolute Gasteiger partial charge is 0.481 e. The molecule has 0 aliphatic rings. The van der Waals surface area contributed by atoms with Crippen molar-refractivity contribution >= 4 is 23.3 Å². The van der Waals surface area contributed by atoms with Crippen molar-refractivity contribution in [2.24, 2.45) is 0 Å². The lowest BCUT2D eigenvalue weighted by Gasteiger charge is -2.16. The number of amides is 1. The average molecular weight is 305 g/mol. The summed E-state index contributed by atoms with van der Waals surface area (Å²) in [6, 6.07) is 8.99. The van der Waals surface area contributed by atoms with Gasteiger partial charge in [-0.25, -0.2) is 4.98 Å². The van der Waals surface area contributed by atoms with Crippen LogP contribution in [-0.4, -0.2) is 17.0 Å². The standard InChI is InChI=1S/C16H17ClN2O2/c1-10-5-4-8-18-15(10)19-16(20)12(3)21-14-7-6-13(17)9-11(14)2/h4-9,12H,1-3H3,(H,18,19,20). The number of aryl methyl sites for hydroxylation is 2. The second-order valence-electron chi connectivity index (χ2n) is 4.83. The van der Waals surface area contributed by atoms with Gasteiger partial charge in [0, 0.05) is 11.2 Å². The van der Waals surface area contributed by atoms with Crippen molar-refractivity contribution in [1.29, 1.82) is 0 Å². The van der Waals surface area contributed by atoms with Gasteiger partial charge in [0.2, 0.25) is 0 Å². The number of rotatable bonds is 4. The first kappa shape index (κ1) is 15.3. The average Bonchev–Trinajstić information content (AvgIpc) is 2.44. The molecule has 0 spiro atoms. The number of carbonyl (C=O) groups excluding carboxylic acids is 1. The molecule has 1 atom stereocenters. The third-order valence-electron chi connectivity index (χ3n) is 3.06. The first-order chi connectivity index (χ1) is 9.97. The summed E-state index contributed by atoms with van der Waals surface area (Å²) in [5.41, 5.74) is 1.79. The minimum Gasteiger partial charge on any atom is -0.481 e. The highest BCUT2D eigenvalue weighted by molar-refractivity contribution is 6.30. The van der Waals surface area contributed by atoms with E-state index in [2.05, 4.69) is 10.3 Å². The van der Waals surface area contributed by atoms with Gasteiger partial charge in [0.25, 0.3) is 5.91 Å². The van der Waals surface area contributed by atoms with Crippen LogP contribution in [0.25, 0.3) is 0 Å². The molecule has 0 aliphatic heterocycles. The lowest BCUT2D eigenvalue weighted by molar-refractivity contribution is -0.122. The van der Waals surface area contributed by atoms with Crippen molar-refractivity contribution < 1.29 is 9.53 Å². The van der Waals surface area contributed by atoms with Crippen LogP contribution in [0.15, 0.2) is 36.5 Å². The van der Waals surface area contributed by atoms with Gasteiger partial charge in [0.1, 0.15) is 11.6 Å². The van der Waals surface area contributed by atoms with Crippen LogP contribution in [-0.2, 0) is 4.79 Å². The van der Waals surface area contributed by atoms with Crippen molar-refractivity contribution in [2.75, 3.05) is 5.32 Å². The van der Waals surface area contributed by atoms with E-state index in [4.69, 9.17) is 16.3 Å². The Kier molecular flexibility index (Phi) is 4.81. The van der Waals surface area contributed by atoms with E-state index in [9.17, 15) is 4.79 Å². The molecule has 0 radical (unpaired) electrons. The SMILES string of the molecule is Cc1cc(Cl)ccc1OC(C)C(=O)Nc1ncccc1C. The second kappa shape index (κ2) is 6.59. The molecule has 1 aromatic heterocycles. The normalized spacial score (nSPS) is 11.8. The Morgan fingerprint density at radius 1 is 1.29 bits per heavy atom. The number of nitrogens with zero attached hydrogens (tertiary/aromatic N) is 1. The van der Waals surface area contributed by atoms with E-state index in [1.807, 2.05) is 26.0 Å². The van der Waals surface area contributed by atoms with Gasteiger partial charge in [-0.3, -0.25) is 4.79 Å². The van der Waals surface area contributed by atoms with Crippen molar-refractivity contribution in [1.82, 2.24) is 4.98 Å². The van der Waals surface area contributed by atoms with Crippen LogP contribution in [0.1, 0.15) is 18.1 Å². The molecule has 0 saturated carbocycles. The van der Waals surface area contributed by atoms with Gasteiger partial charge in [0.15, 0.2) is 6.10 Å². The smallest absolute Gasteiger partial charge is 0.266 e. The first-order valence-electron chi connectivity index (χ1n) is 6.62. The Morgan fingerprint density at radius 3 is 2.71 bits per heavy atom. The predicted molar refractivity (Wildman–Crippen MR) is 83.9 cm³/mol. The van der Waals surface area contributed by atoms with Gasteiger partial charge in [0.05, 0.1) is 0 Å². The Morgan fingerprint density at radius 2 is 2.05 bits per heavy atom. The molecule has 4 nitrogen and oxygen atoms in total. The molecule has 0 saturated heterocycles. The highest BCUT2D eigenvalue weighted by atomic mass is 35.5. The molecule has 0 fully saturated rings. The Hall–Kier alpha value is -2.07. The Balaban J connectivity index is 2.04. The fraction of sp³-hybridized carbons (Fsp3) is 0.250. The summed E-state index contributed by atoms with van der Waals surface area (Å²) in [5, 5.41) is 3.40. The maximum atomic E-state index is 12.1. The molecule has 21 heavy (non-hydrogen) atoms. The molecule has 5 heteroatoms. The van der Waals surface area contributed by atoms with Crippen molar-refractivity contribution in [3.05, 3.63) is 52.7 Å². The Bertz CT molecular complexity index is 658. The zero-order valence-electron chi connectivity index (χ0n) is 12.2. The summed E-state index contributed by atoms with van der Waals surface area (Å²) in [6.45, 7) is 5.47. The van der Waals surface area contributed by atoms with Crippen LogP contribution in [0.2, 0.25) is 5.02 Å². The number of aromatic nitrogens is 1. The van der Waals surface area contributed by atoms with Crippen LogP contribution < -0.4 is 10.1 Å². The van der Waals surface area contributed by atoms with Gasteiger partial charge in [-0.1, -0.05) is 17.7 Å². The van der Waals surface area contributed by atoms with E-state index < -0.39 is 6.10 Å². The summed E-state index contributed by atoms with van der Waals surface area (Å²) in [4.78, 5) is 16.3. The Labute approximate surface area is 129 Å². The molecular formula is C16H17ClN2O2. The number of hydrogen-bond acceptors (Lipinski definition) is 3. The van der Waals surface area contributed by atoms with Crippen LogP contribution in [0.3, 0.4) is 0 Å². The fourth-order valence-corrected chi connectivity index (χ4v) is 2.05. The zero-order chi connectivity index (χ0) is 15.4. The number of anilines is 1. The van der Waals surface area contributed by atoms with E-state index in [0.29, 0.717) is 16.6 Å². The summed E-state index contributed by atoms with van der Waals surface area (Å²) >= 11 is 5.90. The molecular weight excluding hydrogens is 288 g/mol. The van der Waals surface area contributed by atoms with Crippen molar-refractivity contribution in [3.63, 3.8) is 0 Å². The highest BCUT2D eigenvalue weighted by Gasteiger charge is 2.17. The number of hydrogen-bond donors (Lipinski definition) is 1. The van der Waals surface area contributed by atoms with Crippen molar-refractivity contribution in [3.8, 4) is 5.75 Å². The molecule has 1 amide bonds. The molecule has 2 rings (SSSR count). The fourth-order valence-electron chi connectivity index (χ4n) is 1.82. The molecule has 0 bridgehead atoms. The topological polar surface area (TPSA) is 51.2 Å². The van der Waals surface area contributed by atoms with Crippen LogP contribution in [0, 0.1) is 13.8 Å². The number of halogens is 1. The third-order valence-corrected chi connectivity index (χ3v) is 3.30. The van der Waals surface area contributed by atoms with Gasteiger partial charge >= 0.3 is 0 Å². The van der Waals surface area contributed by atoms with Crippen LogP contribution >= 0.6 is 11.6 Å². The number of benzene rings is 1. The molecule has 1 heterocycles. The summed E-state index contributed by atoms with van der Waals surface area (Å²) in [7, 11) is 0. The summed E-state index contributed by atoms with van der Waals surface area (Å²) in [6.07, 6.45) is 1.00. The quantitative estimate of drug-likeness (QED) is 0.935.